The highest BCUT2D eigenvalue weighted by molar-refractivity contribution is 6.22. The molecule has 1 aromatic rings. The zero-order valence-corrected chi connectivity index (χ0v) is 13.4. The molecule has 4 rings (SSSR count). The summed E-state index contributed by atoms with van der Waals surface area (Å²) < 4.78 is 12.6. The standard InChI is InChI=1S/C17H17N3O4/c1-17(2)23-10-11(24-17)9-19-8-7-14(18-19)20-15(21)12-5-3-4-6-13(12)16(20)22/h3-8,10,12-13H,9H2,1-2H3/t12-,13-/m1/s1. The van der Waals surface area contributed by atoms with Crippen LogP contribution in [0.15, 0.2) is 48.6 Å². The number of amides is 2. The fraction of sp³-hybridized carbons (Fsp3) is 0.353. The van der Waals surface area contributed by atoms with E-state index in [1.54, 1.807) is 47.5 Å². The molecular weight excluding hydrogens is 310 g/mol. The first kappa shape index (κ1) is 14.7. The number of fused-ring (bicyclic) bond motifs is 1. The summed E-state index contributed by atoms with van der Waals surface area (Å²) in [6.07, 6.45) is 10.4. The molecule has 7 heteroatoms. The van der Waals surface area contributed by atoms with Gasteiger partial charge in [0.25, 0.3) is 0 Å². The van der Waals surface area contributed by atoms with Gasteiger partial charge in [-0.1, -0.05) is 24.3 Å². The van der Waals surface area contributed by atoms with E-state index >= 15 is 0 Å². The van der Waals surface area contributed by atoms with Crippen LogP contribution in [-0.4, -0.2) is 27.4 Å². The average molecular weight is 327 g/mol. The Labute approximate surface area is 138 Å². The summed E-state index contributed by atoms with van der Waals surface area (Å²) in [4.78, 5) is 26.2. The van der Waals surface area contributed by atoms with E-state index in [9.17, 15) is 9.59 Å². The van der Waals surface area contributed by atoms with Crippen molar-refractivity contribution in [3.8, 4) is 0 Å². The summed E-state index contributed by atoms with van der Waals surface area (Å²) in [6, 6.07) is 1.65. The largest absolute Gasteiger partial charge is 0.457 e. The molecule has 0 spiro atoms. The van der Waals surface area contributed by atoms with E-state index in [2.05, 4.69) is 5.10 Å². The van der Waals surface area contributed by atoms with Crippen LogP contribution in [-0.2, 0) is 25.6 Å². The first-order valence-corrected chi connectivity index (χ1v) is 7.77. The predicted octanol–water partition coefficient (Wildman–Crippen LogP) is 1.74. The van der Waals surface area contributed by atoms with Crippen molar-refractivity contribution >= 4 is 17.6 Å². The van der Waals surface area contributed by atoms with Crippen molar-refractivity contribution in [3.05, 3.63) is 48.6 Å². The van der Waals surface area contributed by atoms with Crippen LogP contribution in [0.25, 0.3) is 0 Å². The summed E-state index contributed by atoms with van der Waals surface area (Å²) in [5.41, 5.74) is 0. The van der Waals surface area contributed by atoms with Gasteiger partial charge in [-0.25, -0.2) is 4.90 Å². The molecule has 0 bridgehead atoms. The van der Waals surface area contributed by atoms with E-state index in [1.165, 1.54) is 0 Å². The number of aromatic nitrogens is 2. The number of ether oxygens (including phenoxy) is 2. The van der Waals surface area contributed by atoms with Gasteiger partial charge in [-0.2, -0.15) is 5.10 Å². The van der Waals surface area contributed by atoms with Gasteiger partial charge < -0.3 is 9.47 Å². The fourth-order valence-electron chi connectivity index (χ4n) is 3.07. The second-order valence-corrected chi connectivity index (χ2v) is 6.41. The molecule has 1 aliphatic carbocycles. The van der Waals surface area contributed by atoms with Crippen molar-refractivity contribution < 1.29 is 19.1 Å². The third-order valence-electron chi connectivity index (χ3n) is 4.17. The van der Waals surface area contributed by atoms with Crippen molar-refractivity contribution in [2.24, 2.45) is 11.8 Å². The van der Waals surface area contributed by atoms with Crippen molar-refractivity contribution in [1.29, 1.82) is 0 Å². The zero-order chi connectivity index (χ0) is 16.9. The van der Waals surface area contributed by atoms with Crippen LogP contribution in [0, 0.1) is 11.8 Å². The normalized spacial score (nSPS) is 27.1. The molecule has 124 valence electrons. The molecule has 0 saturated carbocycles. The highest BCUT2D eigenvalue weighted by Crippen LogP contribution is 2.34. The van der Waals surface area contributed by atoms with Crippen LogP contribution in [0.4, 0.5) is 5.82 Å². The van der Waals surface area contributed by atoms with Crippen molar-refractivity contribution in [1.82, 2.24) is 9.78 Å². The second kappa shape index (κ2) is 5.09. The topological polar surface area (TPSA) is 73.7 Å². The van der Waals surface area contributed by atoms with Gasteiger partial charge in [0.05, 0.1) is 11.8 Å². The van der Waals surface area contributed by atoms with Gasteiger partial charge in [-0.05, 0) is 0 Å². The second-order valence-electron chi connectivity index (χ2n) is 6.41. The van der Waals surface area contributed by atoms with Crippen LogP contribution in [0.5, 0.6) is 0 Å². The number of hydrogen-bond acceptors (Lipinski definition) is 5. The Morgan fingerprint density at radius 3 is 2.42 bits per heavy atom. The van der Waals surface area contributed by atoms with Crippen LogP contribution < -0.4 is 4.90 Å². The smallest absolute Gasteiger partial charge is 0.244 e. The number of hydrogen-bond donors (Lipinski definition) is 0. The minimum Gasteiger partial charge on any atom is -0.457 e. The molecule has 0 N–H and O–H groups in total. The van der Waals surface area contributed by atoms with Crippen molar-refractivity contribution in [3.63, 3.8) is 0 Å². The lowest BCUT2D eigenvalue weighted by Crippen LogP contribution is -2.31. The molecule has 7 nitrogen and oxygen atoms in total. The van der Waals surface area contributed by atoms with Crippen LogP contribution >= 0.6 is 0 Å². The van der Waals surface area contributed by atoms with Gasteiger partial charge in [0.2, 0.25) is 17.6 Å². The molecule has 1 fully saturated rings. The molecule has 0 radical (unpaired) electrons. The quantitative estimate of drug-likeness (QED) is 0.791. The molecule has 3 heterocycles. The Balaban J connectivity index is 1.53. The molecule has 0 aromatic carbocycles. The van der Waals surface area contributed by atoms with Crippen LogP contribution in [0.3, 0.4) is 0 Å². The van der Waals surface area contributed by atoms with E-state index in [1.807, 2.05) is 13.8 Å². The van der Waals surface area contributed by atoms with E-state index in [0.29, 0.717) is 18.1 Å². The number of rotatable bonds is 3. The summed E-state index contributed by atoms with van der Waals surface area (Å²) >= 11 is 0. The average Bonchev–Trinajstić information content (AvgIpc) is 3.19. The fourth-order valence-corrected chi connectivity index (χ4v) is 3.07. The van der Waals surface area contributed by atoms with Crippen molar-refractivity contribution in [2.75, 3.05) is 4.90 Å². The predicted molar refractivity (Wildman–Crippen MR) is 84.3 cm³/mol. The maximum Gasteiger partial charge on any atom is 0.244 e. The Morgan fingerprint density at radius 2 is 1.83 bits per heavy atom. The molecule has 1 saturated heterocycles. The first-order valence-electron chi connectivity index (χ1n) is 7.77. The highest BCUT2D eigenvalue weighted by Gasteiger charge is 2.47. The maximum absolute atomic E-state index is 12.5. The monoisotopic (exact) mass is 327 g/mol. The van der Waals surface area contributed by atoms with Gasteiger partial charge in [0.15, 0.2) is 11.6 Å². The number of allylic oxidation sites excluding steroid dienone is 3. The Hall–Kier alpha value is -2.83. The van der Waals surface area contributed by atoms with E-state index < -0.39 is 17.6 Å². The molecule has 0 unspecified atom stereocenters. The molecule has 2 atom stereocenters. The molecular formula is C17H17N3O4. The third kappa shape index (κ3) is 2.33. The Bertz CT molecular complexity index is 773. The maximum atomic E-state index is 12.5. The van der Waals surface area contributed by atoms with Gasteiger partial charge >= 0.3 is 0 Å². The van der Waals surface area contributed by atoms with Gasteiger partial charge in [0.1, 0.15) is 12.8 Å². The van der Waals surface area contributed by atoms with Gasteiger partial charge in [-0.3, -0.25) is 14.3 Å². The molecule has 1 aromatic heterocycles. The number of anilines is 1. The number of carbonyl (C=O) groups is 2. The lowest BCUT2D eigenvalue weighted by atomic mass is 9.91. The zero-order valence-electron chi connectivity index (χ0n) is 13.4. The molecule has 2 aliphatic heterocycles. The van der Waals surface area contributed by atoms with E-state index in [4.69, 9.17) is 9.47 Å². The Morgan fingerprint density at radius 1 is 1.17 bits per heavy atom. The highest BCUT2D eigenvalue weighted by atomic mass is 16.7. The van der Waals surface area contributed by atoms with Crippen LogP contribution in [0.2, 0.25) is 0 Å². The minimum atomic E-state index is -0.680. The number of nitrogens with zero attached hydrogens (tertiary/aromatic N) is 3. The minimum absolute atomic E-state index is 0.239. The SMILES string of the molecule is CC1(C)OC=C(Cn2ccc(N3C(=O)[C@@H]4C=CC=C[C@H]4C3=O)n2)O1. The Kier molecular flexibility index (Phi) is 3.13. The van der Waals surface area contributed by atoms with Crippen LogP contribution in [0.1, 0.15) is 13.8 Å². The van der Waals surface area contributed by atoms with E-state index in [0.717, 1.165) is 4.90 Å². The first-order chi connectivity index (χ1) is 11.4. The van der Waals surface area contributed by atoms with Gasteiger partial charge in [0, 0.05) is 26.1 Å². The molecule has 24 heavy (non-hydrogen) atoms. The molecule has 3 aliphatic rings. The van der Waals surface area contributed by atoms with Gasteiger partial charge in [-0.15, -0.1) is 0 Å². The number of carbonyl (C=O) groups excluding carboxylic acids is 2. The molecule has 2 amide bonds. The lowest BCUT2D eigenvalue weighted by Gasteiger charge is -2.18. The van der Waals surface area contributed by atoms with Crippen molar-refractivity contribution in [2.45, 2.75) is 26.2 Å². The van der Waals surface area contributed by atoms with E-state index in [-0.39, 0.29) is 11.8 Å². The summed E-state index contributed by atoms with van der Waals surface area (Å²) in [5, 5.41) is 4.34. The summed E-state index contributed by atoms with van der Waals surface area (Å²) in [6.45, 7) is 4.00. The summed E-state index contributed by atoms with van der Waals surface area (Å²) in [7, 11) is 0. The third-order valence-corrected chi connectivity index (χ3v) is 4.17. The lowest BCUT2D eigenvalue weighted by molar-refractivity contribution is -0.122. The number of imide groups is 1. The summed E-state index contributed by atoms with van der Waals surface area (Å²) in [5.74, 6) is -1.05.